The number of nitrogens with zero attached hydrogens (tertiary/aromatic N) is 6. The molecule has 0 saturated heterocycles. The van der Waals surface area contributed by atoms with Crippen LogP contribution < -0.4 is 0 Å². The molecule has 49 heavy (non-hydrogen) atoms. The Bertz CT molecular complexity index is 2190. The molecule has 2 aliphatic rings. The van der Waals surface area contributed by atoms with Crippen molar-refractivity contribution in [1.82, 2.24) is 39.9 Å². The Morgan fingerprint density at radius 3 is 0.755 bits per heavy atom. The van der Waals surface area contributed by atoms with E-state index in [-0.39, 0.29) is 17.1 Å². The molecule has 233 valence electrons. The molecule has 0 aliphatic carbocycles. The van der Waals surface area contributed by atoms with E-state index in [1.54, 1.807) is 0 Å². The van der Waals surface area contributed by atoms with Gasteiger partial charge in [0.05, 0.1) is 22.8 Å². The molecule has 0 saturated carbocycles. The second kappa shape index (κ2) is 12.7. The summed E-state index contributed by atoms with van der Waals surface area (Å²) in [6.07, 6.45) is 22.8. The largest absolute Gasteiger partial charge is 0.354 e. The predicted molar refractivity (Wildman–Crippen MR) is 192 cm³/mol. The topological polar surface area (TPSA) is 109 Å². The predicted octanol–water partition coefficient (Wildman–Crippen LogP) is 8.90. The van der Waals surface area contributed by atoms with Crippen LogP contribution in [0.1, 0.15) is 22.8 Å². The van der Waals surface area contributed by atoms with E-state index in [4.69, 9.17) is 9.97 Å². The molecule has 7 aromatic rings. The van der Waals surface area contributed by atoms with Gasteiger partial charge in [0.2, 0.25) is 0 Å². The fourth-order valence-corrected chi connectivity index (χ4v) is 6.49. The second-order valence-corrected chi connectivity index (χ2v) is 11.4. The minimum absolute atomic E-state index is 0. The Labute approximate surface area is 292 Å². The molecule has 1 radical (unpaired) electrons. The summed E-state index contributed by atoms with van der Waals surface area (Å²) < 4.78 is 0. The molecule has 9 rings (SSSR count). The maximum absolute atomic E-state index is 5.29. The monoisotopic (exact) mass is 673 g/mol. The average molecular weight is 674 g/mol. The van der Waals surface area contributed by atoms with E-state index < -0.39 is 0 Å². The van der Waals surface area contributed by atoms with Crippen molar-refractivity contribution in [3.05, 3.63) is 145 Å². The molecule has 0 amide bonds. The van der Waals surface area contributed by atoms with Crippen molar-refractivity contribution < 1.29 is 17.1 Å². The molecule has 2 aliphatic heterocycles. The summed E-state index contributed by atoms with van der Waals surface area (Å²) >= 11 is 0. The molecular formula is C40H26MnN8. The molecule has 8 bridgehead atoms. The standard InChI is InChI=1S/C40H26N8.Mn/c1-2-30-38(26-11-19-42-20-12-26)32-5-6-34(47-32)40(28-15-23-44-24-16-28)36-8-7-35(48-36)39(27-13-21-43-22-14-27)33-4-3-31(46-33)37(29(1)45-30)25-9-17-41-18-10-25;/h1-24,45,48H;. The SMILES string of the molecule is C1=Cc2nc1c(-c1ccncc1)c1ccc([nH]1)c(-c1ccncc1)c1nc(c(-c3ccncc3)c3ccc([nH]3)c2-c2ccncc2)C=C1.[Mn]. The van der Waals surface area contributed by atoms with Crippen molar-refractivity contribution in [2.45, 2.75) is 0 Å². The van der Waals surface area contributed by atoms with Crippen molar-refractivity contribution in [3.8, 4) is 44.5 Å². The van der Waals surface area contributed by atoms with Crippen LogP contribution in [0.4, 0.5) is 0 Å². The summed E-state index contributed by atoms with van der Waals surface area (Å²) in [5, 5.41) is 0. The Hall–Kier alpha value is -6.28. The van der Waals surface area contributed by atoms with E-state index >= 15 is 0 Å². The first-order chi connectivity index (χ1) is 23.8. The number of pyridine rings is 4. The third-order valence-electron chi connectivity index (χ3n) is 8.63. The maximum Gasteiger partial charge on any atom is 0.0737 e. The Balaban J connectivity index is 0.00000348. The molecule has 7 aromatic heterocycles. The minimum atomic E-state index is 0. The number of fused-ring (bicyclic) bond motifs is 8. The third-order valence-corrected chi connectivity index (χ3v) is 8.63. The normalized spacial score (nSPS) is 11.8. The molecule has 0 spiro atoms. The molecule has 8 nitrogen and oxygen atoms in total. The van der Waals surface area contributed by atoms with Gasteiger partial charge in [0, 0.05) is 111 Å². The smallest absolute Gasteiger partial charge is 0.0737 e. The van der Waals surface area contributed by atoms with E-state index in [9.17, 15) is 0 Å². The van der Waals surface area contributed by atoms with Crippen molar-refractivity contribution >= 4 is 46.4 Å². The first kappa shape index (κ1) is 30.1. The number of H-pyrrole nitrogens is 2. The van der Waals surface area contributed by atoms with Crippen molar-refractivity contribution in [2.75, 3.05) is 0 Å². The number of hydrogen-bond donors (Lipinski definition) is 2. The van der Waals surface area contributed by atoms with Crippen LogP contribution in [-0.2, 0) is 17.1 Å². The summed E-state index contributed by atoms with van der Waals surface area (Å²) in [5.41, 5.74) is 15.0. The van der Waals surface area contributed by atoms with Crippen LogP contribution in [0.5, 0.6) is 0 Å². The zero-order valence-electron chi connectivity index (χ0n) is 25.9. The van der Waals surface area contributed by atoms with Gasteiger partial charge in [-0.2, -0.15) is 0 Å². The fraction of sp³-hybridized carbons (Fsp3) is 0. The third kappa shape index (κ3) is 5.47. The summed E-state index contributed by atoms with van der Waals surface area (Å²) in [5.74, 6) is 0. The van der Waals surface area contributed by atoms with Gasteiger partial charge in [-0.1, -0.05) is 0 Å². The van der Waals surface area contributed by atoms with Crippen LogP contribution >= 0.6 is 0 Å². The minimum Gasteiger partial charge on any atom is -0.354 e. The van der Waals surface area contributed by atoms with Gasteiger partial charge in [0.1, 0.15) is 0 Å². The molecule has 0 fully saturated rings. The van der Waals surface area contributed by atoms with Gasteiger partial charge in [-0.15, -0.1) is 0 Å². The molecule has 0 atom stereocenters. The van der Waals surface area contributed by atoms with E-state index in [0.717, 1.165) is 89.4 Å². The Kier molecular flexibility index (Phi) is 7.81. The van der Waals surface area contributed by atoms with Crippen LogP contribution in [0.2, 0.25) is 0 Å². The van der Waals surface area contributed by atoms with Crippen LogP contribution in [0.25, 0.3) is 90.9 Å². The summed E-state index contributed by atoms with van der Waals surface area (Å²) in [6, 6.07) is 24.6. The quantitative estimate of drug-likeness (QED) is 0.181. The Morgan fingerprint density at radius 1 is 0.306 bits per heavy atom. The summed E-state index contributed by atoms with van der Waals surface area (Å²) in [4.78, 5) is 35.2. The first-order valence-corrected chi connectivity index (χ1v) is 15.6. The number of rotatable bonds is 4. The van der Waals surface area contributed by atoms with E-state index in [1.165, 1.54) is 0 Å². The van der Waals surface area contributed by atoms with Crippen LogP contribution in [0.3, 0.4) is 0 Å². The number of aromatic nitrogens is 8. The van der Waals surface area contributed by atoms with Crippen molar-refractivity contribution in [1.29, 1.82) is 0 Å². The van der Waals surface area contributed by atoms with Crippen LogP contribution in [-0.4, -0.2) is 39.9 Å². The molecular weight excluding hydrogens is 647 g/mol. The van der Waals surface area contributed by atoms with Crippen molar-refractivity contribution in [2.24, 2.45) is 0 Å². The molecule has 0 unspecified atom stereocenters. The van der Waals surface area contributed by atoms with Crippen molar-refractivity contribution in [3.63, 3.8) is 0 Å². The molecule has 9 heterocycles. The van der Waals surface area contributed by atoms with Gasteiger partial charge in [-0.3, -0.25) is 19.9 Å². The van der Waals surface area contributed by atoms with Gasteiger partial charge in [-0.25, -0.2) is 9.97 Å². The zero-order valence-corrected chi connectivity index (χ0v) is 27.1. The molecule has 9 heteroatoms. The van der Waals surface area contributed by atoms with Crippen LogP contribution in [0, 0.1) is 0 Å². The average Bonchev–Trinajstić information content (AvgIpc) is 3.98. The van der Waals surface area contributed by atoms with Gasteiger partial charge in [-0.05, 0) is 119 Å². The summed E-state index contributed by atoms with van der Waals surface area (Å²) in [7, 11) is 0. The number of hydrogen-bond acceptors (Lipinski definition) is 6. The number of nitrogens with one attached hydrogen (secondary N) is 2. The zero-order chi connectivity index (χ0) is 31.9. The molecule has 2 N–H and O–H groups in total. The maximum atomic E-state index is 5.29. The van der Waals surface area contributed by atoms with Crippen LogP contribution in [0.15, 0.2) is 122 Å². The Morgan fingerprint density at radius 2 is 0.531 bits per heavy atom. The fourth-order valence-electron chi connectivity index (χ4n) is 6.49. The van der Waals surface area contributed by atoms with Gasteiger partial charge in [0.25, 0.3) is 0 Å². The van der Waals surface area contributed by atoms with Gasteiger partial charge >= 0.3 is 0 Å². The van der Waals surface area contributed by atoms with Gasteiger partial charge < -0.3 is 9.97 Å². The first-order valence-electron chi connectivity index (χ1n) is 15.6. The van der Waals surface area contributed by atoms with E-state index in [2.05, 4.69) is 78.5 Å². The second-order valence-electron chi connectivity index (χ2n) is 11.4. The van der Waals surface area contributed by atoms with E-state index in [1.807, 2.05) is 98.1 Å². The summed E-state index contributed by atoms with van der Waals surface area (Å²) in [6.45, 7) is 0. The molecule has 0 aromatic carbocycles. The number of aromatic amines is 2. The van der Waals surface area contributed by atoms with Gasteiger partial charge in [0.15, 0.2) is 0 Å². The van der Waals surface area contributed by atoms with E-state index in [0.29, 0.717) is 0 Å².